The minimum atomic E-state index is -0.417. The second-order valence-corrected chi connectivity index (χ2v) is 4.73. The van der Waals surface area contributed by atoms with E-state index in [1.54, 1.807) is 7.11 Å². The molecule has 0 aliphatic carbocycles. The smallest absolute Gasteiger partial charge is 0.118 e. The van der Waals surface area contributed by atoms with Gasteiger partial charge in [0.1, 0.15) is 5.75 Å². The molecule has 3 nitrogen and oxygen atoms in total. The van der Waals surface area contributed by atoms with E-state index in [9.17, 15) is 5.11 Å². The van der Waals surface area contributed by atoms with E-state index < -0.39 is 6.10 Å². The van der Waals surface area contributed by atoms with Crippen molar-refractivity contribution in [3.05, 3.63) is 29.8 Å². The molecule has 0 heterocycles. The molecular formula is C15H25NO2. The van der Waals surface area contributed by atoms with Crippen LogP contribution in [0.1, 0.15) is 44.8 Å². The van der Waals surface area contributed by atoms with Crippen LogP contribution in [-0.4, -0.2) is 24.8 Å². The lowest BCUT2D eigenvalue weighted by Gasteiger charge is -2.18. The first kappa shape index (κ1) is 15.0. The molecule has 0 aliphatic rings. The van der Waals surface area contributed by atoms with Crippen LogP contribution in [0.4, 0.5) is 0 Å². The van der Waals surface area contributed by atoms with Crippen molar-refractivity contribution >= 4 is 0 Å². The fourth-order valence-electron chi connectivity index (χ4n) is 1.91. The molecule has 0 radical (unpaired) electrons. The number of unbranched alkanes of at least 4 members (excludes halogenated alkanes) is 1. The van der Waals surface area contributed by atoms with E-state index in [2.05, 4.69) is 19.2 Å². The first-order chi connectivity index (χ1) is 8.67. The Morgan fingerprint density at radius 1 is 1.28 bits per heavy atom. The van der Waals surface area contributed by atoms with Crippen LogP contribution >= 0.6 is 0 Å². The highest BCUT2D eigenvalue weighted by atomic mass is 16.5. The van der Waals surface area contributed by atoms with E-state index in [0.717, 1.165) is 24.3 Å². The first-order valence-corrected chi connectivity index (χ1v) is 6.72. The molecule has 0 bridgehead atoms. The predicted molar refractivity (Wildman–Crippen MR) is 74.9 cm³/mol. The third-order valence-corrected chi connectivity index (χ3v) is 3.10. The fraction of sp³-hybridized carbons (Fsp3) is 0.600. The standard InChI is InChI=1S/C15H25NO2/c1-4-5-10-16-12(2)11-15(17)13-6-8-14(18-3)9-7-13/h6-9,12,15-17H,4-5,10-11H2,1-3H3. The zero-order valence-electron chi connectivity index (χ0n) is 11.6. The molecule has 2 N–H and O–H groups in total. The first-order valence-electron chi connectivity index (χ1n) is 6.72. The maximum Gasteiger partial charge on any atom is 0.118 e. The third kappa shape index (κ3) is 5.07. The van der Waals surface area contributed by atoms with Crippen molar-refractivity contribution in [1.29, 1.82) is 0 Å². The van der Waals surface area contributed by atoms with Crippen molar-refractivity contribution in [1.82, 2.24) is 5.32 Å². The van der Waals surface area contributed by atoms with Crippen LogP contribution in [0.2, 0.25) is 0 Å². The van der Waals surface area contributed by atoms with Crippen molar-refractivity contribution in [3.8, 4) is 5.75 Å². The molecule has 1 aromatic carbocycles. The lowest BCUT2D eigenvalue weighted by Crippen LogP contribution is -2.28. The van der Waals surface area contributed by atoms with E-state index in [0.29, 0.717) is 6.04 Å². The average Bonchev–Trinajstić information content (AvgIpc) is 2.39. The maximum atomic E-state index is 10.1. The molecule has 2 unspecified atom stereocenters. The largest absolute Gasteiger partial charge is 0.497 e. The summed E-state index contributed by atoms with van der Waals surface area (Å²) in [6.07, 6.45) is 2.69. The SMILES string of the molecule is CCCCNC(C)CC(O)c1ccc(OC)cc1. The third-order valence-electron chi connectivity index (χ3n) is 3.10. The molecule has 0 amide bonds. The molecule has 0 aromatic heterocycles. The van der Waals surface area contributed by atoms with Crippen LogP contribution in [0.3, 0.4) is 0 Å². The van der Waals surface area contributed by atoms with E-state index in [-0.39, 0.29) is 0 Å². The topological polar surface area (TPSA) is 41.5 Å². The monoisotopic (exact) mass is 251 g/mol. The van der Waals surface area contributed by atoms with E-state index >= 15 is 0 Å². The summed E-state index contributed by atoms with van der Waals surface area (Å²) in [7, 11) is 1.64. The zero-order valence-corrected chi connectivity index (χ0v) is 11.6. The number of rotatable bonds is 8. The molecule has 0 spiro atoms. The van der Waals surface area contributed by atoms with Crippen molar-refractivity contribution in [2.45, 2.75) is 45.3 Å². The summed E-state index contributed by atoms with van der Waals surface area (Å²) in [4.78, 5) is 0. The molecule has 1 rings (SSSR count). The van der Waals surface area contributed by atoms with Gasteiger partial charge in [0.2, 0.25) is 0 Å². The zero-order chi connectivity index (χ0) is 13.4. The van der Waals surface area contributed by atoms with E-state index in [1.165, 1.54) is 12.8 Å². The van der Waals surface area contributed by atoms with Gasteiger partial charge in [-0.1, -0.05) is 25.5 Å². The Morgan fingerprint density at radius 2 is 1.94 bits per heavy atom. The molecule has 3 heteroatoms. The van der Waals surface area contributed by atoms with Crippen molar-refractivity contribution in [2.24, 2.45) is 0 Å². The predicted octanol–water partition coefficient (Wildman–Crippen LogP) is 2.90. The highest BCUT2D eigenvalue weighted by Crippen LogP contribution is 2.21. The van der Waals surface area contributed by atoms with E-state index in [4.69, 9.17) is 4.74 Å². The quantitative estimate of drug-likeness (QED) is 0.698. The Bertz CT molecular complexity index is 324. The van der Waals surface area contributed by atoms with Gasteiger partial charge in [0.15, 0.2) is 0 Å². The van der Waals surface area contributed by atoms with Gasteiger partial charge in [0.25, 0.3) is 0 Å². The van der Waals surface area contributed by atoms with Crippen molar-refractivity contribution < 1.29 is 9.84 Å². The summed E-state index contributed by atoms with van der Waals surface area (Å²) in [5.41, 5.74) is 0.944. The van der Waals surface area contributed by atoms with Gasteiger partial charge in [0.05, 0.1) is 13.2 Å². The average molecular weight is 251 g/mol. The van der Waals surface area contributed by atoms with Crippen molar-refractivity contribution in [3.63, 3.8) is 0 Å². The highest BCUT2D eigenvalue weighted by Gasteiger charge is 2.11. The molecule has 102 valence electrons. The normalized spacial score (nSPS) is 14.2. The van der Waals surface area contributed by atoms with Crippen molar-refractivity contribution in [2.75, 3.05) is 13.7 Å². The van der Waals surface area contributed by atoms with Gasteiger partial charge in [-0.25, -0.2) is 0 Å². The summed E-state index contributed by atoms with van der Waals surface area (Å²) in [6, 6.07) is 7.93. The highest BCUT2D eigenvalue weighted by molar-refractivity contribution is 5.28. The number of methoxy groups -OCH3 is 1. The summed E-state index contributed by atoms with van der Waals surface area (Å²) in [5, 5.41) is 13.6. The minimum absolute atomic E-state index is 0.327. The second-order valence-electron chi connectivity index (χ2n) is 4.73. The van der Waals surface area contributed by atoms with E-state index in [1.807, 2.05) is 24.3 Å². The molecular weight excluding hydrogens is 226 g/mol. The van der Waals surface area contributed by atoms with Gasteiger partial charge in [-0.05, 0) is 44.0 Å². The molecule has 1 aromatic rings. The van der Waals surface area contributed by atoms with Gasteiger partial charge in [-0.3, -0.25) is 0 Å². The number of hydrogen-bond acceptors (Lipinski definition) is 3. The molecule has 0 fully saturated rings. The number of ether oxygens (including phenoxy) is 1. The van der Waals surface area contributed by atoms with Gasteiger partial charge in [-0.15, -0.1) is 0 Å². The fourth-order valence-corrected chi connectivity index (χ4v) is 1.91. The lowest BCUT2D eigenvalue weighted by molar-refractivity contribution is 0.154. The molecule has 18 heavy (non-hydrogen) atoms. The molecule has 0 saturated carbocycles. The Kier molecular flexibility index (Phi) is 6.76. The number of aliphatic hydroxyl groups excluding tert-OH is 1. The number of nitrogens with one attached hydrogen (secondary N) is 1. The molecule has 0 saturated heterocycles. The summed E-state index contributed by atoms with van der Waals surface area (Å²) >= 11 is 0. The van der Waals surface area contributed by atoms with Crippen LogP contribution in [0, 0.1) is 0 Å². The van der Waals surface area contributed by atoms with Gasteiger partial charge in [0, 0.05) is 6.04 Å². The number of aliphatic hydroxyl groups is 1. The summed E-state index contributed by atoms with van der Waals surface area (Å²) < 4.78 is 5.10. The number of benzene rings is 1. The van der Waals surface area contributed by atoms with Crippen LogP contribution in [-0.2, 0) is 0 Å². The molecule has 0 aliphatic heterocycles. The maximum absolute atomic E-state index is 10.1. The molecule has 2 atom stereocenters. The van der Waals surface area contributed by atoms with Crippen LogP contribution in [0.15, 0.2) is 24.3 Å². The van der Waals surface area contributed by atoms with Crippen LogP contribution in [0.5, 0.6) is 5.75 Å². The Morgan fingerprint density at radius 3 is 2.50 bits per heavy atom. The van der Waals surface area contributed by atoms with Crippen LogP contribution < -0.4 is 10.1 Å². The summed E-state index contributed by atoms with van der Waals surface area (Å²) in [6.45, 7) is 5.31. The Labute approximate surface area is 110 Å². The van der Waals surface area contributed by atoms with Gasteiger partial charge in [-0.2, -0.15) is 0 Å². The summed E-state index contributed by atoms with van der Waals surface area (Å²) in [5.74, 6) is 0.820. The van der Waals surface area contributed by atoms with Gasteiger partial charge >= 0.3 is 0 Å². The lowest BCUT2D eigenvalue weighted by atomic mass is 10.0. The Balaban J connectivity index is 2.40. The van der Waals surface area contributed by atoms with Crippen LogP contribution in [0.25, 0.3) is 0 Å². The number of hydrogen-bond donors (Lipinski definition) is 2. The second kappa shape index (κ2) is 8.11. The Hall–Kier alpha value is -1.06. The van der Waals surface area contributed by atoms with Gasteiger partial charge < -0.3 is 15.2 Å². The minimum Gasteiger partial charge on any atom is -0.497 e.